The van der Waals surface area contributed by atoms with E-state index >= 15 is 0 Å². The number of rotatable bonds is 2. The van der Waals surface area contributed by atoms with E-state index in [4.69, 9.17) is 0 Å². The average Bonchev–Trinajstić information content (AvgIpc) is 3.05. The summed E-state index contributed by atoms with van der Waals surface area (Å²) >= 11 is 0. The van der Waals surface area contributed by atoms with Crippen molar-refractivity contribution >= 4 is 17.6 Å². The topological polar surface area (TPSA) is 57.6 Å². The number of fused-ring (bicyclic) bond motifs is 1. The van der Waals surface area contributed by atoms with Crippen LogP contribution in [-0.4, -0.2) is 23.5 Å². The Morgan fingerprint density at radius 1 is 1.16 bits per heavy atom. The Bertz CT molecular complexity index is 526. The highest BCUT2D eigenvalue weighted by atomic mass is 16.4. The van der Waals surface area contributed by atoms with Gasteiger partial charge in [0.2, 0.25) is 5.91 Å². The lowest BCUT2D eigenvalue weighted by Crippen LogP contribution is -2.38. The quantitative estimate of drug-likeness (QED) is 0.884. The van der Waals surface area contributed by atoms with Crippen molar-refractivity contribution in [3.8, 4) is 0 Å². The summed E-state index contributed by atoms with van der Waals surface area (Å²) in [6.07, 6.45) is 3.03. The van der Waals surface area contributed by atoms with Crippen LogP contribution in [0.5, 0.6) is 0 Å². The molecule has 0 saturated heterocycles. The summed E-state index contributed by atoms with van der Waals surface area (Å²) in [5, 5.41) is 9.20. The third-order valence-corrected chi connectivity index (χ3v) is 4.30. The van der Waals surface area contributed by atoms with Gasteiger partial charge in [-0.05, 0) is 30.9 Å². The predicted molar refractivity (Wildman–Crippen MR) is 71.0 cm³/mol. The van der Waals surface area contributed by atoms with Crippen LogP contribution >= 0.6 is 0 Å². The SMILES string of the molecule is O=C(O)[C@H]1CCC[C@H]1C(=O)N1CCc2ccccc21. The molecule has 1 aromatic rings. The molecule has 1 aromatic carbocycles. The highest BCUT2D eigenvalue weighted by Gasteiger charge is 2.41. The summed E-state index contributed by atoms with van der Waals surface area (Å²) in [6, 6.07) is 7.88. The molecule has 0 unspecified atom stereocenters. The fourth-order valence-corrected chi connectivity index (χ4v) is 3.32. The zero-order chi connectivity index (χ0) is 13.4. The lowest BCUT2D eigenvalue weighted by molar-refractivity contribution is -0.145. The summed E-state index contributed by atoms with van der Waals surface area (Å²) in [4.78, 5) is 25.6. The Kier molecular flexibility index (Phi) is 3.01. The smallest absolute Gasteiger partial charge is 0.307 e. The van der Waals surface area contributed by atoms with E-state index in [1.807, 2.05) is 24.3 Å². The van der Waals surface area contributed by atoms with Crippen molar-refractivity contribution in [1.29, 1.82) is 0 Å². The Balaban J connectivity index is 1.84. The molecule has 1 N–H and O–H groups in total. The van der Waals surface area contributed by atoms with E-state index in [2.05, 4.69) is 0 Å². The van der Waals surface area contributed by atoms with Crippen molar-refractivity contribution in [1.82, 2.24) is 0 Å². The maximum atomic E-state index is 12.6. The molecule has 0 spiro atoms. The Labute approximate surface area is 112 Å². The first-order valence-corrected chi connectivity index (χ1v) is 6.80. The van der Waals surface area contributed by atoms with Gasteiger partial charge >= 0.3 is 5.97 Å². The number of hydrogen-bond donors (Lipinski definition) is 1. The third kappa shape index (κ3) is 2.01. The van der Waals surface area contributed by atoms with Crippen LogP contribution in [0.2, 0.25) is 0 Å². The first-order chi connectivity index (χ1) is 9.18. The number of para-hydroxylation sites is 1. The highest BCUT2D eigenvalue weighted by Crippen LogP contribution is 2.36. The molecule has 0 radical (unpaired) electrons. The van der Waals surface area contributed by atoms with Gasteiger partial charge in [0.1, 0.15) is 0 Å². The normalized spacial score (nSPS) is 25.4. The Morgan fingerprint density at radius 3 is 2.68 bits per heavy atom. The van der Waals surface area contributed by atoms with Crippen LogP contribution < -0.4 is 4.90 Å². The lowest BCUT2D eigenvalue weighted by atomic mass is 9.94. The molecule has 19 heavy (non-hydrogen) atoms. The minimum absolute atomic E-state index is 0.00477. The summed E-state index contributed by atoms with van der Waals surface area (Å²) in [5.74, 6) is -1.68. The average molecular weight is 259 g/mol. The monoisotopic (exact) mass is 259 g/mol. The first-order valence-electron chi connectivity index (χ1n) is 6.80. The summed E-state index contributed by atoms with van der Waals surface area (Å²) in [7, 11) is 0. The first kappa shape index (κ1) is 12.2. The number of nitrogens with zero attached hydrogens (tertiary/aromatic N) is 1. The van der Waals surface area contributed by atoms with Crippen LogP contribution in [0, 0.1) is 11.8 Å². The van der Waals surface area contributed by atoms with E-state index in [1.165, 1.54) is 5.56 Å². The number of carboxylic acids is 1. The molecule has 1 aliphatic heterocycles. The standard InChI is InChI=1S/C15H17NO3/c17-14(11-5-3-6-12(11)15(18)19)16-9-8-10-4-1-2-7-13(10)16/h1-2,4,7,11-12H,3,5-6,8-9H2,(H,18,19)/t11-,12+/m1/s1. The number of amides is 1. The number of carboxylic acid groups (broad SMARTS) is 1. The minimum atomic E-state index is -0.830. The van der Waals surface area contributed by atoms with Crippen LogP contribution in [-0.2, 0) is 16.0 Å². The van der Waals surface area contributed by atoms with E-state index in [-0.39, 0.29) is 11.8 Å². The van der Waals surface area contributed by atoms with Crippen molar-refractivity contribution in [3.63, 3.8) is 0 Å². The van der Waals surface area contributed by atoms with Crippen molar-refractivity contribution in [2.24, 2.45) is 11.8 Å². The van der Waals surface area contributed by atoms with Gasteiger partial charge in [-0.2, -0.15) is 0 Å². The molecule has 3 rings (SSSR count). The molecule has 2 atom stereocenters. The van der Waals surface area contributed by atoms with Gasteiger partial charge in [0.05, 0.1) is 11.8 Å². The Morgan fingerprint density at radius 2 is 1.89 bits per heavy atom. The van der Waals surface area contributed by atoms with Gasteiger partial charge in [-0.15, -0.1) is 0 Å². The predicted octanol–water partition coefficient (Wildman–Crippen LogP) is 2.08. The van der Waals surface area contributed by atoms with E-state index in [0.29, 0.717) is 19.4 Å². The van der Waals surface area contributed by atoms with E-state index in [0.717, 1.165) is 18.5 Å². The molecule has 1 heterocycles. The number of carbonyl (C=O) groups is 2. The van der Waals surface area contributed by atoms with E-state index in [1.54, 1.807) is 4.90 Å². The van der Waals surface area contributed by atoms with Gasteiger partial charge < -0.3 is 10.0 Å². The molecular weight excluding hydrogens is 242 g/mol. The number of benzene rings is 1. The number of anilines is 1. The molecule has 1 fully saturated rings. The van der Waals surface area contributed by atoms with Crippen molar-refractivity contribution in [2.45, 2.75) is 25.7 Å². The van der Waals surface area contributed by atoms with Crippen LogP contribution in [0.15, 0.2) is 24.3 Å². The number of aliphatic carboxylic acids is 1. The van der Waals surface area contributed by atoms with E-state index < -0.39 is 11.9 Å². The molecular formula is C15H17NO3. The molecule has 4 heteroatoms. The molecule has 100 valence electrons. The van der Waals surface area contributed by atoms with Gasteiger partial charge in [-0.25, -0.2) is 0 Å². The second-order valence-electron chi connectivity index (χ2n) is 5.35. The van der Waals surface area contributed by atoms with Gasteiger partial charge in [-0.3, -0.25) is 9.59 Å². The number of carbonyl (C=O) groups excluding carboxylic acids is 1. The molecule has 1 amide bonds. The maximum Gasteiger partial charge on any atom is 0.307 e. The molecule has 0 aromatic heterocycles. The van der Waals surface area contributed by atoms with Gasteiger partial charge in [-0.1, -0.05) is 24.6 Å². The molecule has 2 aliphatic rings. The van der Waals surface area contributed by atoms with Gasteiger partial charge in [0, 0.05) is 12.2 Å². The largest absolute Gasteiger partial charge is 0.481 e. The summed E-state index contributed by atoms with van der Waals surface area (Å²) < 4.78 is 0. The van der Waals surface area contributed by atoms with Crippen molar-refractivity contribution < 1.29 is 14.7 Å². The fourth-order valence-electron chi connectivity index (χ4n) is 3.32. The van der Waals surface area contributed by atoms with Crippen LogP contribution in [0.1, 0.15) is 24.8 Å². The zero-order valence-electron chi connectivity index (χ0n) is 10.7. The minimum Gasteiger partial charge on any atom is -0.481 e. The molecule has 1 saturated carbocycles. The second kappa shape index (κ2) is 4.68. The molecule has 0 bridgehead atoms. The van der Waals surface area contributed by atoms with Gasteiger partial charge in [0.25, 0.3) is 0 Å². The van der Waals surface area contributed by atoms with Crippen molar-refractivity contribution in [3.05, 3.63) is 29.8 Å². The third-order valence-electron chi connectivity index (χ3n) is 4.30. The lowest BCUT2D eigenvalue weighted by Gasteiger charge is -2.23. The number of hydrogen-bond acceptors (Lipinski definition) is 2. The fraction of sp³-hybridized carbons (Fsp3) is 0.467. The van der Waals surface area contributed by atoms with Crippen molar-refractivity contribution in [2.75, 3.05) is 11.4 Å². The maximum absolute atomic E-state index is 12.6. The molecule has 4 nitrogen and oxygen atoms in total. The van der Waals surface area contributed by atoms with Crippen LogP contribution in [0.3, 0.4) is 0 Å². The second-order valence-corrected chi connectivity index (χ2v) is 5.35. The molecule has 1 aliphatic carbocycles. The van der Waals surface area contributed by atoms with Gasteiger partial charge in [0.15, 0.2) is 0 Å². The Hall–Kier alpha value is -1.84. The van der Waals surface area contributed by atoms with Crippen LogP contribution in [0.4, 0.5) is 5.69 Å². The van der Waals surface area contributed by atoms with Crippen LogP contribution in [0.25, 0.3) is 0 Å². The summed E-state index contributed by atoms with van der Waals surface area (Å²) in [6.45, 7) is 0.682. The summed E-state index contributed by atoms with van der Waals surface area (Å²) in [5.41, 5.74) is 2.14. The zero-order valence-corrected chi connectivity index (χ0v) is 10.7. The van der Waals surface area contributed by atoms with E-state index in [9.17, 15) is 14.7 Å². The highest BCUT2D eigenvalue weighted by molar-refractivity contribution is 5.99.